The molecule has 0 saturated heterocycles. The van der Waals surface area contributed by atoms with Crippen LogP contribution in [0.3, 0.4) is 0 Å². The van der Waals surface area contributed by atoms with Crippen molar-refractivity contribution in [3.63, 3.8) is 0 Å². The van der Waals surface area contributed by atoms with Gasteiger partial charge in [0.2, 0.25) is 0 Å². The summed E-state index contributed by atoms with van der Waals surface area (Å²) in [6.45, 7) is 2.20. The van der Waals surface area contributed by atoms with Gasteiger partial charge in [-0.1, -0.05) is 31.5 Å². The number of nitrogens with zero attached hydrogens (tertiary/aromatic N) is 2. The molecule has 1 aliphatic carbocycles. The lowest BCUT2D eigenvalue weighted by molar-refractivity contribution is 0.0956. The number of para-hydroxylation sites is 1. The first-order valence-electron chi connectivity index (χ1n) is 9.04. The van der Waals surface area contributed by atoms with E-state index in [4.69, 9.17) is 4.42 Å². The van der Waals surface area contributed by atoms with Gasteiger partial charge in [0.05, 0.1) is 17.3 Å². The summed E-state index contributed by atoms with van der Waals surface area (Å²) in [6, 6.07) is 13.0. The van der Waals surface area contributed by atoms with E-state index in [9.17, 15) is 4.79 Å². The lowest BCUT2D eigenvalue weighted by Crippen LogP contribution is -2.20. The van der Waals surface area contributed by atoms with E-state index in [1.165, 1.54) is 0 Å². The van der Waals surface area contributed by atoms with Crippen molar-refractivity contribution in [3.05, 3.63) is 54.3 Å². The number of hydrazone groups is 1. The summed E-state index contributed by atoms with van der Waals surface area (Å²) < 4.78 is 5.45. The van der Waals surface area contributed by atoms with Gasteiger partial charge >= 0.3 is 0 Å². The molecule has 3 aromatic rings. The van der Waals surface area contributed by atoms with Gasteiger partial charge in [-0.05, 0) is 49.4 Å². The van der Waals surface area contributed by atoms with Crippen molar-refractivity contribution in [3.8, 4) is 11.5 Å². The van der Waals surface area contributed by atoms with E-state index in [-0.39, 0.29) is 5.91 Å². The van der Waals surface area contributed by atoms with E-state index in [0.29, 0.717) is 22.9 Å². The average molecular weight is 347 g/mol. The van der Waals surface area contributed by atoms with E-state index < -0.39 is 0 Å². The number of amides is 1. The molecule has 1 atom stereocenters. The Kier molecular flexibility index (Phi) is 4.52. The number of hydrogen-bond acceptors (Lipinski definition) is 4. The minimum absolute atomic E-state index is 0.219. The highest BCUT2D eigenvalue weighted by Gasteiger charge is 2.20. The third-order valence-electron chi connectivity index (χ3n) is 4.99. The minimum Gasteiger partial charge on any atom is -0.463 e. The van der Waals surface area contributed by atoms with Crippen molar-refractivity contribution in [1.29, 1.82) is 0 Å². The second-order valence-corrected chi connectivity index (χ2v) is 6.69. The fourth-order valence-corrected chi connectivity index (χ4v) is 3.46. The van der Waals surface area contributed by atoms with Crippen LogP contribution >= 0.6 is 0 Å². The van der Waals surface area contributed by atoms with Crippen LogP contribution in [-0.2, 0) is 0 Å². The van der Waals surface area contributed by atoms with Crippen molar-refractivity contribution in [1.82, 2.24) is 10.4 Å². The Morgan fingerprint density at radius 1 is 1.31 bits per heavy atom. The molecule has 1 fully saturated rings. The van der Waals surface area contributed by atoms with E-state index in [0.717, 1.165) is 42.3 Å². The molecule has 5 heteroatoms. The molecule has 2 aromatic heterocycles. The number of nitrogens with one attached hydrogen (secondary N) is 1. The van der Waals surface area contributed by atoms with Gasteiger partial charge in [0.15, 0.2) is 5.76 Å². The Morgan fingerprint density at radius 3 is 2.96 bits per heavy atom. The van der Waals surface area contributed by atoms with Crippen LogP contribution in [0, 0.1) is 5.92 Å². The third-order valence-corrected chi connectivity index (χ3v) is 4.99. The Bertz CT molecular complexity index is 961. The number of aromatic nitrogens is 1. The van der Waals surface area contributed by atoms with Crippen molar-refractivity contribution in [2.24, 2.45) is 11.0 Å². The molecule has 5 nitrogen and oxygen atoms in total. The summed E-state index contributed by atoms with van der Waals surface area (Å²) in [6.07, 6.45) is 5.86. The average Bonchev–Trinajstić information content (AvgIpc) is 3.37. The normalized spacial score (nSPS) is 18.5. The second-order valence-electron chi connectivity index (χ2n) is 6.69. The van der Waals surface area contributed by atoms with Crippen LogP contribution in [0.25, 0.3) is 22.4 Å². The number of carbonyl (C=O) groups is 1. The highest BCUT2D eigenvalue weighted by atomic mass is 16.3. The molecule has 1 unspecified atom stereocenters. The Hall–Kier alpha value is -2.95. The zero-order valence-corrected chi connectivity index (χ0v) is 14.7. The van der Waals surface area contributed by atoms with Crippen molar-refractivity contribution >= 4 is 22.5 Å². The quantitative estimate of drug-likeness (QED) is 0.690. The Morgan fingerprint density at radius 2 is 2.19 bits per heavy atom. The van der Waals surface area contributed by atoms with Crippen molar-refractivity contribution in [2.45, 2.75) is 32.6 Å². The number of fused-ring (bicyclic) bond motifs is 1. The largest absolute Gasteiger partial charge is 0.463 e. The maximum Gasteiger partial charge on any atom is 0.272 e. The van der Waals surface area contributed by atoms with E-state index in [1.54, 1.807) is 12.3 Å². The molecule has 0 radical (unpaired) electrons. The monoisotopic (exact) mass is 347 g/mol. The summed E-state index contributed by atoms with van der Waals surface area (Å²) in [5.74, 6) is 1.11. The Labute approximate surface area is 152 Å². The summed E-state index contributed by atoms with van der Waals surface area (Å²) in [7, 11) is 0. The third kappa shape index (κ3) is 3.25. The molecule has 4 rings (SSSR count). The molecule has 26 heavy (non-hydrogen) atoms. The molecule has 0 bridgehead atoms. The van der Waals surface area contributed by atoms with Crippen LogP contribution in [0.4, 0.5) is 0 Å². The summed E-state index contributed by atoms with van der Waals surface area (Å²) >= 11 is 0. The van der Waals surface area contributed by atoms with Crippen LogP contribution in [0.2, 0.25) is 0 Å². The first-order chi connectivity index (χ1) is 12.7. The summed E-state index contributed by atoms with van der Waals surface area (Å²) in [5, 5.41) is 5.17. The highest BCUT2D eigenvalue weighted by molar-refractivity contribution is 6.07. The standard InChI is InChI=1S/C21H21N3O2/c1-2-14-9-10-15(12-14)23-24-21(25)17-13-19(20-8-5-11-26-20)22-18-7-4-3-6-16(17)18/h3-8,11,13-14H,2,9-10,12H2,1H3,(H,24,25)/b23-15-. The molecule has 0 spiro atoms. The van der Waals surface area contributed by atoms with Gasteiger partial charge in [0.25, 0.3) is 5.91 Å². The number of carbonyl (C=O) groups excluding carboxylic acids is 1. The lowest BCUT2D eigenvalue weighted by Gasteiger charge is -2.08. The van der Waals surface area contributed by atoms with Crippen LogP contribution in [0.15, 0.2) is 58.2 Å². The fraction of sp³-hybridized carbons (Fsp3) is 0.286. The predicted octanol–water partition coefficient (Wildman–Crippen LogP) is 4.79. The maximum absolute atomic E-state index is 12.8. The second kappa shape index (κ2) is 7.12. The molecule has 1 aliphatic rings. The number of rotatable bonds is 4. The topological polar surface area (TPSA) is 67.5 Å². The Balaban J connectivity index is 1.66. The number of furan rings is 1. The van der Waals surface area contributed by atoms with Gasteiger partial charge in [0.1, 0.15) is 5.69 Å². The lowest BCUT2D eigenvalue weighted by atomic mass is 10.1. The van der Waals surface area contributed by atoms with Crippen molar-refractivity contribution in [2.75, 3.05) is 0 Å². The molecule has 1 aromatic carbocycles. The van der Waals surface area contributed by atoms with Gasteiger partial charge in [-0.25, -0.2) is 10.4 Å². The molecule has 1 N–H and O–H groups in total. The summed E-state index contributed by atoms with van der Waals surface area (Å²) in [5.41, 5.74) is 5.76. The zero-order valence-electron chi connectivity index (χ0n) is 14.7. The van der Waals surface area contributed by atoms with Crippen LogP contribution in [-0.4, -0.2) is 16.6 Å². The number of hydrogen-bond donors (Lipinski definition) is 1. The molecule has 1 amide bonds. The first kappa shape index (κ1) is 16.5. The first-order valence-corrected chi connectivity index (χ1v) is 9.04. The fourth-order valence-electron chi connectivity index (χ4n) is 3.46. The van der Waals surface area contributed by atoms with Crippen LogP contribution < -0.4 is 5.43 Å². The SMILES string of the molecule is CCC1CC/C(=N/NC(=O)c2cc(-c3ccco3)nc3ccccc23)C1. The summed E-state index contributed by atoms with van der Waals surface area (Å²) in [4.78, 5) is 17.4. The van der Waals surface area contributed by atoms with Crippen LogP contribution in [0.1, 0.15) is 43.0 Å². The molecular formula is C21H21N3O2. The van der Waals surface area contributed by atoms with Crippen LogP contribution in [0.5, 0.6) is 0 Å². The smallest absolute Gasteiger partial charge is 0.272 e. The van der Waals surface area contributed by atoms with Gasteiger partial charge in [-0.2, -0.15) is 5.10 Å². The maximum atomic E-state index is 12.8. The predicted molar refractivity (Wildman–Crippen MR) is 102 cm³/mol. The van der Waals surface area contributed by atoms with Crippen molar-refractivity contribution < 1.29 is 9.21 Å². The van der Waals surface area contributed by atoms with Gasteiger partial charge < -0.3 is 4.42 Å². The zero-order chi connectivity index (χ0) is 17.9. The molecule has 1 saturated carbocycles. The van der Waals surface area contributed by atoms with Gasteiger partial charge in [-0.3, -0.25) is 4.79 Å². The van der Waals surface area contributed by atoms with Gasteiger partial charge in [0, 0.05) is 11.1 Å². The number of benzene rings is 1. The molecule has 2 heterocycles. The number of pyridine rings is 1. The minimum atomic E-state index is -0.219. The van der Waals surface area contributed by atoms with E-state index in [2.05, 4.69) is 22.4 Å². The van der Waals surface area contributed by atoms with Gasteiger partial charge in [-0.15, -0.1) is 0 Å². The molecule has 132 valence electrons. The highest BCUT2D eigenvalue weighted by Crippen LogP contribution is 2.26. The van der Waals surface area contributed by atoms with E-state index >= 15 is 0 Å². The molecular weight excluding hydrogens is 326 g/mol. The molecule has 0 aliphatic heterocycles. The van der Waals surface area contributed by atoms with E-state index in [1.807, 2.05) is 36.4 Å².